The summed E-state index contributed by atoms with van der Waals surface area (Å²) in [6, 6.07) is 15.2. The Morgan fingerprint density at radius 2 is 1.74 bits per heavy atom. The van der Waals surface area contributed by atoms with E-state index in [-0.39, 0.29) is 17.8 Å². The van der Waals surface area contributed by atoms with Gasteiger partial charge >= 0.3 is 11.9 Å². The quantitative estimate of drug-likeness (QED) is 0.517. The van der Waals surface area contributed by atoms with Gasteiger partial charge in [0.15, 0.2) is 0 Å². The highest BCUT2D eigenvalue weighted by Crippen LogP contribution is 2.36. The summed E-state index contributed by atoms with van der Waals surface area (Å²) in [5.74, 6) is -3.80. The normalized spacial score (nSPS) is 18.3. The monoisotopic (exact) mass is 518 g/mol. The van der Waals surface area contributed by atoms with Crippen LogP contribution in [0.2, 0.25) is 0 Å². The summed E-state index contributed by atoms with van der Waals surface area (Å²) in [4.78, 5) is 34.1. The zero-order valence-corrected chi connectivity index (χ0v) is 21.0. The van der Waals surface area contributed by atoms with Gasteiger partial charge in [0.2, 0.25) is 0 Å². The van der Waals surface area contributed by atoms with E-state index in [1.165, 1.54) is 23.3 Å². The molecule has 38 heavy (non-hydrogen) atoms. The van der Waals surface area contributed by atoms with E-state index < -0.39 is 11.9 Å². The van der Waals surface area contributed by atoms with Crippen LogP contribution in [0.1, 0.15) is 36.0 Å². The Morgan fingerprint density at radius 1 is 1.00 bits per heavy atom. The molecule has 7 nitrogen and oxygen atoms in total. The Labute approximate surface area is 221 Å². The Hall–Kier alpha value is -4.04. The van der Waals surface area contributed by atoms with Gasteiger partial charge < -0.3 is 20.4 Å². The molecular weight excluding hydrogens is 487 g/mol. The van der Waals surface area contributed by atoms with Crippen molar-refractivity contribution in [2.24, 2.45) is 0 Å². The van der Waals surface area contributed by atoms with Gasteiger partial charge in [0, 0.05) is 25.7 Å². The fraction of sp³-hybridized carbons (Fsp3) is 0.300. The van der Waals surface area contributed by atoms with Crippen molar-refractivity contribution >= 4 is 23.4 Å². The Balaban J connectivity index is 0.000000505. The van der Waals surface area contributed by atoms with Gasteiger partial charge in [-0.3, -0.25) is 4.79 Å². The Bertz CT molecular complexity index is 1280. The van der Waals surface area contributed by atoms with Gasteiger partial charge in [0.25, 0.3) is 5.91 Å². The van der Waals surface area contributed by atoms with Crippen molar-refractivity contribution in [1.29, 1.82) is 0 Å². The first-order valence-electron chi connectivity index (χ1n) is 12.7. The summed E-state index contributed by atoms with van der Waals surface area (Å²) in [5, 5.41) is 18.1. The second-order valence-corrected chi connectivity index (χ2v) is 9.56. The molecule has 3 N–H and O–H groups in total. The standard InChI is InChI=1S/C28H29FN2O.C2H2O4/c29-23-13-9-20(10-14-23)15-17-31-18-16-24(19-31)30-28(32)27-25-7-3-1-5-21(25)11-12-22-6-2-4-8-26(22)27;3-1(4)2(5)6/h1,3-10,13-14,24H,2,11-12,15-19H2,(H,30,32);(H,3,4)(H,5,6)/t24-;/m0./s1. The van der Waals surface area contributed by atoms with Gasteiger partial charge in [0.05, 0.1) is 5.57 Å². The van der Waals surface area contributed by atoms with Gasteiger partial charge in [-0.25, -0.2) is 14.0 Å². The number of aliphatic carboxylic acids is 2. The summed E-state index contributed by atoms with van der Waals surface area (Å²) >= 11 is 0. The smallest absolute Gasteiger partial charge is 0.414 e. The number of amides is 1. The molecule has 5 rings (SSSR count). The largest absolute Gasteiger partial charge is 0.473 e. The van der Waals surface area contributed by atoms with Gasteiger partial charge in [-0.1, -0.05) is 54.6 Å². The predicted molar refractivity (Wildman–Crippen MR) is 142 cm³/mol. The summed E-state index contributed by atoms with van der Waals surface area (Å²) < 4.78 is 13.1. The van der Waals surface area contributed by atoms with E-state index in [0.717, 1.165) is 74.0 Å². The molecule has 8 heteroatoms. The van der Waals surface area contributed by atoms with E-state index in [9.17, 15) is 9.18 Å². The van der Waals surface area contributed by atoms with E-state index in [1.807, 2.05) is 18.2 Å². The van der Waals surface area contributed by atoms with Crippen molar-refractivity contribution in [3.8, 4) is 0 Å². The fourth-order valence-electron chi connectivity index (χ4n) is 5.08. The lowest BCUT2D eigenvalue weighted by atomic mass is 9.91. The van der Waals surface area contributed by atoms with Crippen molar-refractivity contribution in [3.05, 3.63) is 100 Å². The fourth-order valence-corrected chi connectivity index (χ4v) is 5.08. The molecule has 1 amide bonds. The maximum absolute atomic E-state index is 13.6. The molecule has 2 aliphatic carbocycles. The zero-order chi connectivity index (χ0) is 27.1. The number of carbonyl (C=O) groups is 3. The van der Waals surface area contributed by atoms with Crippen LogP contribution in [0, 0.1) is 5.82 Å². The first-order valence-corrected chi connectivity index (χ1v) is 12.7. The summed E-state index contributed by atoms with van der Waals surface area (Å²) in [7, 11) is 0. The summed E-state index contributed by atoms with van der Waals surface area (Å²) in [5.41, 5.74) is 6.67. The first-order chi connectivity index (χ1) is 18.3. The highest BCUT2D eigenvalue weighted by Gasteiger charge is 2.29. The number of carboxylic acids is 2. The maximum atomic E-state index is 13.6. The van der Waals surface area contributed by atoms with Crippen LogP contribution < -0.4 is 5.32 Å². The number of hydrogen-bond donors (Lipinski definition) is 3. The average molecular weight is 519 g/mol. The van der Waals surface area contributed by atoms with Crippen molar-refractivity contribution in [1.82, 2.24) is 10.2 Å². The molecule has 198 valence electrons. The molecule has 0 aromatic heterocycles. The highest BCUT2D eigenvalue weighted by atomic mass is 19.1. The third-order valence-corrected chi connectivity index (χ3v) is 7.00. The molecule has 1 saturated heterocycles. The number of carboxylic acid groups (broad SMARTS) is 2. The van der Waals surface area contributed by atoms with Crippen LogP contribution >= 0.6 is 0 Å². The number of benzene rings is 2. The minimum atomic E-state index is -1.82. The number of fused-ring (bicyclic) bond motifs is 2. The molecule has 2 aromatic rings. The molecule has 0 spiro atoms. The Kier molecular flexibility index (Phi) is 8.86. The van der Waals surface area contributed by atoms with Crippen molar-refractivity contribution < 1.29 is 29.0 Å². The van der Waals surface area contributed by atoms with E-state index in [0.29, 0.717) is 0 Å². The SMILES string of the molecule is O=C(N[C@H]1CCN(CCc2ccc(F)cc2)C1)C1=C2C=CCC=C2CCc2ccccc21.O=C(O)C(=O)O. The number of nitrogens with one attached hydrogen (secondary N) is 1. The molecule has 1 heterocycles. The molecule has 1 fully saturated rings. The molecule has 0 saturated carbocycles. The lowest BCUT2D eigenvalue weighted by molar-refractivity contribution is -0.159. The van der Waals surface area contributed by atoms with Crippen LogP contribution in [-0.4, -0.2) is 58.6 Å². The third kappa shape index (κ3) is 6.83. The molecule has 0 unspecified atom stereocenters. The van der Waals surface area contributed by atoms with Gasteiger partial charge in [-0.05, 0) is 72.1 Å². The molecular formula is C30H31FN2O5. The number of hydrogen-bond acceptors (Lipinski definition) is 4. The van der Waals surface area contributed by atoms with Crippen LogP contribution in [0.15, 0.2) is 77.9 Å². The third-order valence-electron chi connectivity index (χ3n) is 7.00. The second kappa shape index (κ2) is 12.5. The van der Waals surface area contributed by atoms with Crippen LogP contribution in [0.4, 0.5) is 4.39 Å². The first kappa shape index (κ1) is 27.0. The van der Waals surface area contributed by atoms with Gasteiger partial charge in [-0.2, -0.15) is 0 Å². The second-order valence-electron chi connectivity index (χ2n) is 9.56. The minimum absolute atomic E-state index is 0.0391. The van der Waals surface area contributed by atoms with E-state index in [4.69, 9.17) is 19.8 Å². The lowest BCUT2D eigenvalue weighted by Gasteiger charge is -2.20. The van der Waals surface area contributed by atoms with Crippen LogP contribution in [0.5, 0.6) is 0 Å². The van der Waals surface area contributed by atoms with Crippen LogP contribution in [0.3, 0.4) is 0 Å². The molecule has 1 atom stereocenters. The number of halogens is 1. The van der Waals surface area contributed by atoms with Crippen molar-refractivity contribution in [3.63, 3.8) is 0 Å². The number of nitrogens with zero attached hydrogens (tertiary/aromatic N) is 1. The number of allylic oxidation sites excluding steroid dienone is 5. The van der Waals surface area contributed by atoms with Crippen molar-refractivity contribution in [2.45, 2.75) is 38.1 Å². The van der Waals surface area contributed by atoms with Crippen molar-refractivity contribution in [2.75, 3.05) is 19.6 Å². The summed E-state index contributed by atoms with van der Waals surface area (Å²) in [6.07, 6.45) is 11.3. The van der Waals surface area contributed by atoms with Crippen LogP contribution in [0.25, 0.3) is 5.57 Å². The number of carbonyl (C=O) groups excluding carboxylic acids is 1. The maximum Gasteiger partial charge on any atom is 0.414 e. The average Bonchev–Trinajstić information content (AvgIpc) is 3.28. The number of rotatable bonds is 5. The Morgan fingerprint density at radius 3 is 2.47 bits per heavy atom. The lowest BCUT2D eigenvalue weighted by Crippen LogP contribution is -2.38. The van der Waals surface area contributed by atoms with Gasteiger partial charge in [0.1, 0.15) is 5.82 Å². The van der Waals surface area contributed by atoms with Gasteiger partial charge in [-0.15, -0.1) is 0 Å². The predicted octanol–water partition coefficient (Wildman–Crippen LogP) is 4.00. The molecule has 0 bridgehead atoms. The molecule has 2 aromatic carbocycles. The molecule has 3 aliphatic rings. The van der Waals surface area contributed by atoms with E-state index >= 15 is 0 Å². The van der Waals surface area contributed by atoms with Crippen LogP contribution in [-0.2, 0) is 27.2 Å². The van der Waals surface area contributed by atoms with E-state index in [1.54, 1.807) is 0 Å². The summed E-state index contributed by atoms with van der Waals surface area (Å²) in [6.45, 7) is 2.75. The molecule has 1 aliphatic heterocycles. The molecule has 0 radical (unpaired) electrons. The zero-order valence-electron chi connectivity index (χ0n) is 21.0. The van der Waals surface area contributed by atoms with E-state index in [2.05, 4.69) is 46.6 Å². The number of aryl methyl sites for hydroxylation is 1. The minimum Gasteiger partial charge on any atom is -0.473 e. The topological polar surface area (TPSA) is 107 Å². The highest BCUT2D eigenvalue weighted by molar-refractivity contribution is 6.27. The number of likely N-dealkylation sites (tertiary alicyclic amines) is 1.